The number of benzene rings is 1. The Labute approximate surface area is 225 Å². The molecule has 0 bridgehead atoms. The molecule has 2 fully saturated rings. The number of pyridine rings is 1. The summed E-state index contributed by atoms with van der Waals surface area (Å²) in [5.74, 6) is 1.17. The van der Waals surface area contributed by atoms with E-state index in [9.17, 15) is 9.18 Å². The van der Waals surface area contributed by atoms with Gasteiger partial charge in [-0.05, 0) is 44.0 Å². The van der Waals surface area contributed by atoms with Gasteiger partial charge in [-0.2, -0.15) is 4.98 Å². The van der Waals surface area contributed by atoms with Crippen molar-refractivity contribution in [1.29, 1.82) is 0 Å². The molecule has 4 heterocycles. The molecular weight excluding hydrogens is 518 g/mol. The van der Waals surface area contributed by atoms with E-state index in [1.807, 2.05) is 6.07 Å². The summed E-state index contributed by atoms with van der Waals surface area (Å²) >= 11 is 12.5. The molecule has 2 aromatic heterocycles. The molecule has 0 N–H and O–H groups in total. The standard InChI is InChI=1S/C26H27Cl2FN6O2/c1-16-4-3-7-35(16)26-31-22(17-5-6-21(29)19(27)12-17)14-23(32-26)33-8-10-34(11-9-33)24-20(28)13-18(15-30-24)25(36)37-2/h5-6,12-16H,3-4,7-11H2,1-2H3. The number of carbonyl (C=O) groups is 1. The Bertz CT molecular complexity index is 1320. The number of nitrogens with zero attached hydrogens (tertiary/aromatic N) is 6. The van der Waals surface area contributed by atoms with Crippen LogP contribution < -0.4 is 14.7 Å². The van der Waals surface area contributed by atoms with Crippen molar-refractivity contribution in [3.05, 3.63) is 58.0 Å². The molecule has 1 aromatic carbocycles. The maximum Gasteiger partial charge on any atom is 0.339 e. The Kier molecular flexibility index (Phi) is 7.35. The Hall–Kier alpha value is -3.17. The van der Waals surface area contributed by atoms with E-state index in [4.69, 9.17) is 37.9 Å². The minimum Gasteiger partial charge on any atom is -0.465 e. The van der Waals surface area contributed by atoms with Gasteiger partial charge in [0.2, 0.25) is 5.95 Å². The number of methoxy groups -OCH3 is 1. The minimum absolute atomic E-state index is 0.0602. The van der Waals surface area contributed by atoms with Gasteiger partial charge in [0.25, 0.3) is 0 Å². The van der Waals surface area contributed by atoms with Gasteiger partial charge in [-0.15, -0.1) is 0 Å². The van der Waals surface area contributed by atoms with Crippen molar-refractivity contribution >= 4 is 46.8 Å². The predicted molar refractivity (Wildman–Crippen MR) is 143 cm³/mol. The van der Waals surface area contributed by atoms with Crippen LogP contribution in [0.25, 0.3) is 11.3 Å². The van der Waals surface area contributed by atoms with Gasteiger partial charge in [0.15, 0.2) is 0 Å². The summed E-state index contributed by atoms with van der Waals surface area (Å²) < 4.78 is 18.6. The number of ether oxygens (including phenoxy) is 1. The monoisotopic (exact) mass is 544 g/mol. The fourth-order valence-electron chi connectivity index (χ4n) is 4.79. The van der Waals surface area contributed by atoms with E-state index in [2.05, 4.69) is 26.6 Å². The average molecular weight is 545 g/mol. The summed E-state index contributed by atoms with van der Waals surface area (Å²) in [7, 11) is 1.32. The highest BCUT2D eigenvalue weighted by Gasteiger charge is 2.27. The number of hydrogen-bond donors (Lipinski definition) is 0. The third-order valence-corrected chi connectivity index (χ3v) is 7.44. The molecule has 2 aliphatic heterocycles. The molecule has 37 heavy (non-hydrogen) atoms. The number of rotatable bonds is 5. The van der Waals surface area contributed by atoms with E-state index in [1.165, 1.54) is 19.4 Å². The average Bonchev–Trinajstić information content (AvgIpc) is 3.35. The zero-order valence-electron chi connectivity index (χ0n) is 20.6. The molecular formula is C26H27Cl2FN6O2. The fraction of sp³-hybridized carbons (Fsp3) is 0.385. The topological polar surface area (TPSA) is 74.7 Å². The summed E-state index contributed by atoms with van der Waals surface area (Å²) in [4.78, 5) is 32.5. The first-order valence-corrected chi connectivity index (χ1v) is 12.9. The van der Waals surface area contributed by atoms with Crippen LogP contribution in [0.4, 0.5) is 22.0 Å². The summed E-state index contributed by atoms with van der Waals surface area (Å²) in [5.41, 5.74) is 1.75. The van der Waals surface area contributed by atoms with Crippen molar-refractivity contribution in [1.82, 2.24) is 15.0 Å². The molecule has 5 rings (SSSR count). The van der Waals surface area contributed by atoms with Crippen molar-refractivity contribution in [2.75, 3.05) is 54.5 Å². The molecule has 0 saturated carbocycles. The normalized spacial score (nSPS) is 17.9. The van der Waals surface area contributed by atoms with E-state index in [1.54, 1.807) is 18.2 Å². The largest absolute Gasteiger partial charge is 0.465 e. The molecule has 0 radical (unpaired) electrons. The van der Waals surface area contributed by atoms with Crippen LogP contribution in [0.15, 0.2) is 36.5 Å². The molecule has 11 heteroatoms. The molecule has 1 atom stereocenters. The Morgan fingerprint density at radius 3 is 2.43 bits per heavy atom. The van der Waals surface area contributed by atoms with Gasteiger partial charge in [0, 0.05) is 56.6 Å². The summed E-state index contributed by atoms with van der Waals surface area (Å²) in [6.45, 7) is 5.79. The quantitative estimate of drug-likeness (QED) is 0.411. The first-order valence-electron chi connectivity index (χ1n) is 12.2. The Morgan fingerprint density at radius 2 is 1.78 bits per heavy atom. The molecule has 3 aromatic rings. The van der Waals surface area contributed by atoms with Crippen molar-refractivity contribution in [3.8, 4) is 11.3 Å². The summed E-state index contributed by atoms with van der Waals surface area (Å²) in [6, 6.07) is 8.50. The number of carbonyl (C=O) groups excluding carboxylic acids is 1. The second kappa shape index (κ2) is 10.7. The Balaban J connectivity index is 1.40. The van der Waals surface area contributed by atoms with Crippen molar-refractivity contribution in [2.24, 2.45) is 0 Å². The van der Waals surface area contributed by atoms with Crippen molar-refractivity contribution < 1.29 is 13.9 Å². The molecule has 0 amide bonds. The molecule has 8 nitrogen and oxygen atoms in total. The number of hydrogen-bond acceptors (Lipinski definition) is 8. The summed E-state index contributed by atoms with van der Waals surface area (Å²) in [5, 5.41) is 0.462. The highest BCUT2D eigenvalue weighted by molar-refractivity contribution is 6.33. The third kappa shape index (κ3) is 5.29. The van der Waals surface area contributed by atoms with Crippen LogP contribution in [0.3, 0.4) is 0 Å². The second-order valence-electron chi connectivity index (χ2n) is 9.22. The van der Waals surface area contributed by atoms with Gasteiger partial charge in [0.1, 0.15) is 17.5 Å². The second-order valence-corrected chi connectivity index (χ2v) is 10.0. The number of anilines is 3. The maximum atomic E-state index is 13.8. The lowest BCUT2D eigenvalue weighted by molar-refractivity contribution is 0.0600. The molecule has 0 aliphatic carbocycles. The minimum atomic E-state index is -0.476. The number of halogens is 3. The predicted octanol–water partition coefficient (Wildman–Crippen LogP) is 5.09. The van der Waals surface area contributed by atoms with E-state index in [-0.39, 0.29) is 5.02 Å². The highest BCUT2D eigenvalue weighted by atomic mass is 35.5. The zero-order valence-corrected chi connectivity index (χ0v) is 22.1. The lowest BCUT2D eigenvalue weighted by Crippen LogP contribution is -2.47. The third-order valence-electron chi connectivity index (χ3n) is 6.87. The number of piperazine rings is 1. The van der Waals surface area contributed by atoms with E-state index in [0.29, 0.717) is 60.3 Å². The highest BCUT2D eigenvalue weighted by Crippen LogP contribution is 2.32. The van der Waals surface area contributed by atoms with Gasteiger partial charge >= 0.3 is 5.97 Å². The van der Waals surface area contributed by atoms with Crippen LogP contribution in [-0.4, -0.2) is 66.8 Å². The van der Waals surface area contributed by atoms with Crippen molar-refractivity contribution in [2.45, 2.75) is 25.8 Å². The molecule has 1 unspecified atom stereocenters. The van der Waals surface area contributed by atoms with Crippen LogP contribution in [0.2, 0.25) is 10.0 Å². The molecule has 0 spiro atoms. The van der Waals surface area contributed by atoms with Gasteiger partial charge in [-0.3, -0.25) is 0 Å². The van der Waals surface area contributed by atoms with Gasteiger partial charge in [-0.1, -0.05) is 23.2 Å². The van der Waals surface area contributed by atoms with Crippen LogP contribution in [-0.2, 0) is 4.74 Å². The fourth-order valence-corrected chi connectivity index (χ4v) is 5.25. The van der Waals surface area contributed by atoms with Crippen LogP contribution >= 0.6 is 23.2 Å². The van der Waals surface area contributed by atoms with Crippen LogP contribution in [0.1, 0.15) is 30.1 Å². The SMILES string of the molecule is COC(=O)c1cnc(N2CCN(c3cc(-c4ccc(F)c(Cl)c4)nc(N4CCCC4C)n3)CC2)c(Cl)c1. The maximum absolute atomic E-state index is 13.8. The first-order chi connectivity index (χ1) is 17.8. The zero-order chi connectivity index (χ0) is 26.1. The van der Waals surface area contributed by atoms with Gasteiger partial charge in [-0.25, -0.2) is 19.2 Å². The van der Waals surface area contributed by atoms with E-state index >= 15 is 0 Å². The van der Waals surface area contributed by atoms with Crippen molar-refractivity contribution in [3.63, 3.8) is 0 Å². The van der Waals surface area contributed by atoms with E-state index < -0.39 is 11.8 Å². The van der Waals surface area contributed by atoms with E-state index in [0.717, 1.165) is 30.8 Å². The number of aromatic nitrogens is 3. The Morgan fingerprint density at radius 1 is 1.03 bits per heavy atom. The molecule has 194 valence electrons. The number of esters is 1. The first kappa shape index (κ1) is 25.5. The molecule has 2 aliphatic rings. The van der Waals surface area contributed by atoms with Crippen LogP contribution in [0, 0.1) is 5.82 Å². The van der Waals surface area contributed by atoms with Gasteiger partial charge in [0.05, 0.1) is 28.4 Å². The summed E-state index contributed by atoms with van der Waals surface area (Å²) in [6.07, 6.45) is 3.66. The lowest BCUT2D eigenvalue weighted by atomic mass is 10.1. The van der Waals surface area contributed by atoms with Crippen LogP contribution in [0.5, 0.6) is 0 Å². The lowest BCUT2D eigenvalue weighted by Gasteiger charge is -2.37. The van der Waals surface area contributed by atoms with Gasteiger partial charge < -0.3 is 19.4 Å². The molecule has 2 saturated heterocycles. The smallest absolute Gasteiger partial charge is 0.339 e.